The molecule has 0 spiro atoms. The molecule has 0 rings (SSSR count). The minimum atomic E-state index is -0.162. The van der Waals surface area contributed by atoms with Gasteiger partial charge in [-0.2, -0.15) is 0 Å². The van der Waals surface area contributed by atoms with Gasteiger partial charge >= 0.3 is 0 Å². The predicted molar refractivity (Wildman–Crippen MR) is 34.9 cm³/mol. The van der Waals surface area contributed by atoms with E-state index < -0.39 is 0 Å². The van der Waals surface area contributed by atoms with Crippen LogP contribution in [-0.4, -0.2) is 10.9 Å². The van der Waals surface area contributed by atoms with Gasteiger partial charge in [-0.25, -0.2) is 0 Å². The molecule has 0 aliphatic rings. The van der Waals surface area contributed by atoms with Gasteiger partial charge in [0.15, 0.2) is 5.78 Å². The summed E-state index contributed by atoms with van der Waals surface area (Å²) < 4.78 is 0.248. The van der Waals surface area contributed by atoms with Crippen molar-refractivity contribution in [1.82, 2.24) is 0 Å². The molecule has 0 amide bonds. The zero-order valence-electron chi connectivity index (χ0n) is 4.73. The Morgan fingerprint density at radius 1 is 1.50 bits per heavy atom. The van der Waals surface area contributed by atoms with Gasteiger partial charge in [-0.05, 0) is 29.8 Å². The molecule has 46 valence electrons. The molecular formula is C5H7BrO2. The normalized spacial score (nSPS) is 12.9. The van der Waals surface area contributed by atoms with Gasteiger partial charge in [0.2, 0.25) is 0 Å². The molecule has 3 heteroatoms. The van der Waals surface area contributed by atoms with Crippen molar-refractivity contribution in [2.24, 2.45) is 0 Å². The first kappa shape index (κ1) is 7.69. The van der Waals surface area contributed by atoms with E-state index >= 15 is 0 Å². The Kier molecular flexibility index (Phi) is 2.76. The van der Waals surface area contributed by atoms with Crippen molar-refractivity contribution in [3.05, 3.63) is 10.2 Å². The topological polar surface area (TPSA) is 37.3 Å². The maximum absolute atomic E-state index is 10.3. The Morgan fingerprint density at radius 3 is 1.88 bits per heavy atom. The van der Waals surface area contributed by atoms with Gasteiger partial charge in [-0.15, -0.1) is 0 Å². The summed E-state index contributed by atoms with van der Waals surface area (Å²) in [6, 6.07) is 0. The molecule has 0 aromatic heterocycles. The zero-order valence-corrected chi connectivity index (χ0v) is 6.32. The van der Waals surface area contributed by atoms with E-state index in [1.165, 1.54) is 13.8 Å². The van der Waals surface area contributed by atoms with E-state index in [0.29, 0.717) is 0 Å². The molecule has 0 unspecified atom stereocenters. The maximum atomic E-state index is 10.3. The highest BCUT2D eigenvalue weighted by Gasteiger charge is 2.00. The van der Waals surface area contributed by atoms with E-state index in [1.807, 2.05) is 0 Å². The van der Waals surface area contributed by atoms with Crippen molar-refractivity contribution in [3.63, 3.8) is 0 Å². The second kappa shape index (κ2) is 2.87. The fourth-order valence-corrected chi connectivity index (χ4v) is 0.255. The smallest absolute Gasteiger partial charge is 0.170 e. The van der Waals surface area contributed by atoms with Crippen molar-refractivity contribution in [1.29, 1.82) is 0 Å². The Bertz CT molecular complexity index is 133. The lowest BCUT2D eigenvalue weighted by Crippen LogP contribution is -1.90. The Balaban J connectivity index is 4.23. The Morgan fingerprint density at radius 2 is 1.88 bits per heavy atom. The van der Waals surface area contributed by atoms with Crippen LogP contribution in [-0.2, 0) is 4.79 Å². The number of allylic oxidation sites excluding steroid dienone is 2. The van der Waals surface area contributed by atoms with Crippen LogP contribution in [0.4, 0.5) is 0 Å². The van der Waals surface area contributed by atoms with Gasteiger partial charge in [-0.1, -0.05) is 0 Å². The Labute approximate surface area is 56.3 Å². The highest BCUT2D eigenvalue weighted by atomic mass is 79.9. The van der Waals surface area contributed by atoms with E-state index in [-0.39, 0.29) is 16.0 Å². The molecular weight excluding hydrogens is 172 g/mol. The predicted octanol–water partition coefficient (Wildman–Crippen LogP) is 1.76. The molecule has 0 bridgehead atoms. The van der Waals surface area contributed by atoms with Gasteiger partial charge in [0.25, 0.3) is 0 Å². The molecule has 8 heavy (non-hydrogen) atoms. The number of Topliss-reactive ketones (excluding diaryl/α,β-unsaturated/α-hetero) is 1. The monoisotopic (exact) mass is 178 g/mol. The summed E-state index contributed by atoms with van der Waals surface area (Å²) in [4.78, 5) is 10.3. The summed E-state index contributed by atoms with van der Waals surface area (Å²) in [6.45, 7) is 2.83. The van der Waals surface area contributed by atoms with Crippen LogP contribution in [0.1, 0.15) is 13.8 Å². The number of aliphatic hydroxyl groups excluding tert-OH is 1. The van der Waals surface area contributed by atoms with Crippen LogP contribution < -0.4 is 0 Å². The van der Waals surface area contributed by atoms with E-state index in [4.69, 9.17) is 5.11 Å². The lowest BCUT2D eigenvalue weighted by atomic mass is 10.4. The van der Waals surface area contributed by atoms with Gasteiger partial charge < -0.3 is 5.11 Å². The molecule has 2 nitrogen and oxygen atoms in total. The number of hydrogen-bond donors (Lipinski definition) is 1. The van der Waals surface area contributed by atoms with Gasteiger partial charge in [0.05, 0.1) is 4.48 Å². The highest BCUT2D eigenvalue weighted by molar-refractivity contribution is 9.12. The molecule has 0 fully saturated rings. The van der Waals surface area contributed by atoms with Crippen molar-refractivity contribution >= 4 is 21.7 Å². The molecule has 0 aliphatic heterocycles. The fourth-order valence-electron chi connectivity index (χ4n) is 0.255. The van der Waals surface area contributed by atoms with Crippen LogP contribution in [0.3, 0.4) is 0 Å². The molecule has 0 atom stereocenters. The average molecular weight is 179 g/mol. The SMILES string of the molecule is CC(=O)/C(Br)=C(\C)O. The van der Waals surface area contributed by atoms with E-state index in [9.17, 15) is 4.79 Å². The van der Waals surface area contributed by atoms with E-state index in [2.05, 4.69) is 15.9 Å². The van der Waals surface area contributed by atoms with E-state index in [0.717, 1.165) is 0 Å². The molecule has 1 N–H and O–H groups in total. The van der Waals surface area contributed by atoms with Crippen molar-refractivity contribution in [2.75, 3.05) is 0 Å². The van der Waals surface area contributed by atoms with Crippen LogP contribution in [0.5, 0.6) is 0 Å². The molecule has 0 saturated carbocycles. The lowest BCUT2D eigenvalue weighted by Gasteiger charge is -1.90. The lowest BCUT2D eigenvalue weighted by molar-refractivity contribution is -0.113. The third kappa shape index (κ3) is 2.12. The largest absolute Gasteiger partial charge is 0.511 e. The summed E-state index contributed by atoms with van der Waals surface area (Å²) in [5.41, 5.74) is 0. The third-order valence-electron chi connectivity index (χ3n) is 0.627. The number of carbonyl (C=O) groups is 1. The van der Waals surface area contributed by atoms with Crippen LogP contribution >= 0.6 is 15.9 Å². The van der Waals surface area contributed by atoms with Gasteiger partial charge in [0.1, 0.15) is 5.76 Å². The van der Waals surface area contributed by atoms with E-state index in [1.54, 1.807) is 0 Å². The number of rotatable bonds is 1. The number of ketones is 1. The van der Waals surface area contributed by atoms with Crippen LogP contribution in [0, 0.1) is 0 Å². The molecule has 0 saturated heterocycles. The maximum Gasteiger partial charge on any atom is 0.170 e. The first-order valence-electron chi connectivity index (χ1n) is 2.12. The minimum absolute atomic E-state index is 0.0255. The van der Waals surface area contributed by atoms with Crippen molar-refractivity contribution < 1.29 is 9.90 Å². The summed E-state index contributed by atoms with van der Waals surface area (Å²) in [6.07, 6.45) is 0. The summed E-state index contributed by atoms with van der Waals surface area (Å²) in [5.74, 6) is -0.137. The second-order valence-electron chi connectivity index (χ2n) is 1.46. The number of halogens is 1. The van der Waals surface area contributed by atoms with Crippen molar-refractivity contribution in [3.8, 4) is 0 Å². The zero-order chi connectivity index (χ0) is 6.73. The first-order chi connectivity index (χ1) is 3.55. The quantitative estimate of drug-likeness (QED) is 0.491. The molecule has 0 heterocycles. The summed E-state index contributed by atoms with van der Waals surface area (Å²) in [7, 11) is 0. The molecule has 0 aromatic carbocycles. The third-order valence-corrected chi connectivity index (χ3v) is 1.76. The van der Waals surface area contributed by atoms with Gasteiger partial charge in [0, 0.05) is 0 Å². The van der Waals surface area contributed by atoms with Crippen molar-refractivity contribution in [2.45, 2.75) is 13.8 Å². The summed E-state index contributed by atoms with van der Waals surface area (Å²) in [5, 5.41) is 8.60. The minimum Gasteiger partial charge on any atom is -0.511 e. The first-order valence-corrected chi connectivity index (χ1v) is 2.91. The highest BCUT2D eigenvalue weighted by Crippen LogP contribution is 2.09. The molecule has 0 aromatic rings. The van der Waals surface area contributed by atoms with Crippen LogP contribution in [0.15, 0.2) is 10.2 Å². The summed E-state index contributed by atoms with van der Waals surface area (Å²) >= 11 is 2.89. The molecule has 0 radical (unpaired) electrons. The van der Waals surface area contributed by atoms with Crippen LogP contribution in [0.2, 0.25) is 0 Å². The second-order valence-corrected chi connectivity index (χ2v) is 2.25. The fraction of sp³-hybridized carbons (Fsp3) is 0.400. The van der Waals surface area contributed by atoms with Gasteiger partial charge in [-0.3, -0.25) is 4.79 Å². The molecule has 0 aliphatic carbocycles. The number of hydrogen-bond acceptors (Lipinski definition) is 2. The number of aliphatic hydroxyl groups is 1. The Hall–Kier alpha value is -0.310. The average Bonchev–Trinajstić information content (AvgIpc) is 1.64. The number of carbonyl (C=O) groups excluding carboxylic acids is 1. The standard InChI is InChI=1S/C5H7BrO2/c1-3(7)5(6)4(2)8/h7H,1-2H3/b5-3-. The van der Waals surface area contributed by atoms with Crippen LogP contribution in [0.25, 0.3) is 0 Å².